The van der Waals surface area contributed by atoms with Crippen LogP contribution in [0.3, 0.4) is 0 Å². The highest BCUT2D eigenvalue weighted by atomic mass is 35.5. The molecular weight excluding hydrogens is 226 g/mol. The van der Waals surface area contributed by atoms with Gasteiger partial charge in [-0.1, -0.05) is 12.1 Å². The summed E-state index contributed by atoms with van der Waals surface area (Å²) in [6, 6.07) is 8.66. The second-order valence-electron chi connectivity index (χ2n) is 3.78. The van der Waals surface area contributed by atoms with Crippen molar-refractivity contribution in [1.29, 1.82) is 0 Å². The molecule has 4 heteroatoms. The maximum Gasteiger partial charge on any atom is 0.118 e. The molecule has 0 unspecified atom stereocenters. The molecule has 0 saturated carbocycles. The molecule has 0 radical (unpaired) electrons. The Bertz CT molecular complexity index is 296. The first-order valence-corrected chi connectivity index (χ1v) is 5.32. The monoisotopic (exact) mass is 243 g/mol. The lowest BCUT2D eigenvalue weighted by molar-refractivity contribution is 0.0770. The van der Waals surface area contributed by atoms with Crippen LogP contribution < -0.4 is 10.1 Å². The molecule has 0 bridgehead atoms. The summed E-state index contributed by atoms with van der Waals surface area (Å²) < 4.78 is 10.5. The van der Waals surface area contributed by atoms with Gasteiger partial charge in [0, 0.05) is 12.6 Å². The molecule has 1 atom stereocenters. The highest BCUT2D eigenvalue weighted by Crippen LogP contribution is 2.13. The summed E-state index contributed by atoms with van der Waals surface area (Å²) in [5, 5.41) is 3.44. The van der Waals surface area contributed by atoms with Crippen molar-refractivity contribution >= 4 is 12.4 Å². The lowest BCUT2D eigenvalue weighted by Crippen LogP contribution is -2.42. The molecule has 3 nitrogen and oxygen atoms in total. The molecule has 0 aliphatic carbocycles. The van der Waals surface area contributed by atoms with Crippen LogP contribution >= 0.6 is 12.4 Å². The topological polar surface area (TPSA) is 30.5 Å². The lowest BCUT2D eigenvalue weighted by Gasteiger charge is -2.23. The van der Waals surface area contributed by atoms with Crippen molar-refractivity contribution in [3.05, 3.63) is 29.8 Å². The number of nitrogens with one attached hydrogen (secondary N) is 1. The molecule has 2 rings (SSSR count). The number of rotatable bonds is 3. The Balaban J connectivity index is 0.00000128. The van der Waals surface area contributed by atoms with E-state index in [0.29, 0.717) is 6.04 Å². The van der Waals surface area contributed by atoms with Crippen LogP contribution in [0.5, 0.6) is 5.75 Å². The third-order valence-electron chi connectivity index (χ3n) is 2.64. The van der Waals surface area contributed by atoms with E-state index >= 15 is 0 Å². The van der Waals surface area contributed by atoms with Crippen molar-refractivity contribution in [2.45, 2.75) is 12.5 Å². The molecule has 1 aromatic rings. The third-order valence-corrected chi connectivity index (χ3v) is 2.64. The van der Waals surface area contributed by atoms with Gasteiger partial charge < -0.3 is 14.8 Å². The maximum absolute atomic E-state index is 5.41. The molecule has 90 valence electrons. The summed E-state index contributed by atoms with van der Waals surface area (Å²) >= 11 is 0. The molecule has 1 N–H and O–H groups in total. The summed E-state index contributed by atoms with van der Waals surface area (Å²) in [6.07, 6.45) is 1.02. The fourth-order valence-corrected chi connectivity index (χ4v) is 1.80. The maximum atomic E-state index is 5.41. The molecule has 1 aliphatic rings. The number of ether oxygens (including phenoxy) is 2. The number of morpholine rings is 1. The van der Waals surface area contributed by atoms with E-state index in [-0.39, 0.29) is 12.4 Å². The van der Waals surface area contributed by atoms with Gasteiger partial charge in [-0.05, 0) is 24.1 Å². The molecule has 16 heavy (non-hydrogen) atoms. The Morgan fingerprint density at radius 2 is 2.12 bits per heavy atom. The zero-order valence-corrected chi connectivity index (χ0v) is 10.3. The minimum absolute atomic E-state index is 0. The average molecular weight is 244 g/mol. The molecule has 0 aromatic heterocycles. The second kappa shape index (κ2) is 6.74. The van der Waals surface area contributed by atoms with E-state index in [1.807, 2.05) is 12.1 Å². The average Bonchev–Trinajstić information content (AvgIpc) is 2.31. The third kappa shape index (κ3) is 3.67. The molecule has 1 aliphatic heterocycles. The van der Waals surface area contributed by atoms with Crippen LogP contribution in [0.2, 0.25) is 0 Å². The smallest absolute Gasteiger partial charge is 0.118 e. The van der Waals surface area contributed by atoms with E-state index in [1.54, 1.807) is 7.11 Å². The van der Waals surface area contributed by atoms with Crippen molar-refractivity contribution < 1.29 is 9.47 Å². The first-order valence-electron chi connectivity index (χ1n) is 5.32. The Labute approximate surface area is 103 Å². The van der Waals surface area contributed by atoms with Crippen molar-refractivity contribution in [1.82, 2.24) is 5.32 Å². The Morgan fingerprint density at radius 1 is 1.38 bits per heavy atom. The first kappa shape index (κ1) is 13.3. The van der Waals surface area contributed by atoms with E-state index in [4.69, 9.17) is 9.47 Å². The van der Waals surface area contributed by atoms with E-state index in [0.717, 1.165) is 31.9 Å². The second-order valence-corrected chi connectivity index (χ2v) is 3.78. The van der Waals surface area contributed by atoms with E-state index in [9.17, 15) is 0 Å². The Morgan fingerprint density at radius 3 is 2.69 bits per heavy atom. The molecule has 1 aromatic carbocycles. The van der Waals surface area contributed by atoms with Crippen LogP contribution in [0.25, 0.3) is 0 Å². The predicted octanol–water partition coefficient (Wildman–Crippen LogP) is 1.65. The van der Waals surface area contributed by atoms with Crippen LogP contribution in [0, 0.1) is 0 Å². The van der Waals surface area contributed by atoms with Gasteiger partial charge in [0.25, 0.3) is 0 Å². The summed E-state index contributed by atoms with van der Waals surface area (Å²) in [7, 11) is 1.69. The highest BCUT2D eigenvalue weighted by molar-refractivity contribution is 5.85. The summed E-state index contributed by atoms with van der Waals surface area (Å²) in [5.41, 5.74) is 1.32. The van der Waals surface area contributed by atoms with Crippen molar-refractivity contribution in [3.8, 4) is 5.75 Å². The molecule has 0 spiro atoms. The largest absolute Gasteiger partial charge is 0.497 e. The van der Waals surface area contributed by atoms with Gasteiger partial charge in [-0.25, -0.2) is 0 Å². The van der Waals surface area contributed by atoms with Gasteiger partial charge in [0.05, 0.1) is 20.3 Å². The SMILES string of the molecule is COc1ccc(C[C@@H]2COCCN2)cc1.Cl. The van der Waals surface area contributed by atoms with Crippen molar-refractivity contribution in [2.24, 2.45) is 0 Å². The zero-order valence-electron chi connectivity index (χ0n) is 9.44. The quantitative estimate of drug-likeness (QED) is 0.876. The Kier molecular flexibility index (Phi) is 5.60. The molecular formula is C12H18ClNO2. The van der Waals surface area contributed by atoms with Crippen molar-refractivity contribution in [2.75, 3.05) is 26.9 Å². The summed E-state index contributed by atoms with van der Waals surface area (Å²) in [6.45, 7) is 2.60. The number of benzene rings is 1. The van der Waals surface area contributed by atoms with Crippen LogP contribution in [-0.2, 0) is 11.2 Å². The Hall–Kier alpha value is -0.770. The van der Waals surface area contributed by atoms with Crippen LogP contribution in [-0.4, -0.2) is 32.9 Å². The van der Waals surface area contributed by atoms with E-state index in [2.05, 4.69) is 17.4 Å². The van der Waals surface area contributed by atoms with Gasteiger partial charge in [0.1, 0.15) is 5.75 Å². The van der Waals surface area contributed by atoms with Gasteiger partial charge in [0.15, 0.2) is 0 Å². The van der Waals surface area contributed by atoms with Gasteiger partial charge >= 0.3 is 0 Å². The van der Waals surface area contributed by atoms with E-state index < -0.39 is 0 Å². The van der Waals surface area contributed by atoms with Crippen LogP contribution in [0.1, 0.15) is 5.56 Å². The van der Waals surface area contributed by atoms with Gasteiger partial charge in [-0.2, -0.15) is 0 Å². The first-order chi connectivity index (χ1) is 7.38. The molecule has 1 fully saturated rings. The number of halogens is 1. The van der Waals surface area contributed by atoms with E-state index in [1.165, 1.54) is 5.56 Å². The fourth-order valence-electron chi connectivity index (χ4n) is 1.80. The minimum atomic E-state index is 0. The number of hydrogen-bond donors (Lipinski definition) is 1. The zero-order chi connectivity index (χ0) is 10.5. The van der Waals surface area contributed by atoms with Crippen LogP contribution in [0.4, 0.5) is 0 Å². The highest BCUT2D eigenvalue weighted by Gasteiger charge is 2.12. The summed E-state index contributed by atoms with van der Waals surface area (Å²) in [4.78, 5) is 0. The van der Waals surface area contributed by atoms with Gasteiger partial charge in [0.2, 0.25) is 0 Å². The minimum Gasteiger partial charge on any atom is -0.497 e. The predicted molar refractivity (Wildman–Crippen MR) is 66.6 cm³/mol. The lowest BCUT2D eigenvalue weighted by atomic mass is 10.1. The van der Waals surface area contributed by atoms with Gasteiger partial charge in [-0.3, -0.25) is 0 Å². The molecule has 0 amide bonds. The normalized spacial score (nSPS) is 19.9. The van der Waals surface area contributed by atoms with Crippen LogP contribution in [0.15, 0.2) is 24.3 Å². The molecule has 1 saturated heterocycles. The standard InChI is InChI=1S/C12H17NO2.ClH/c1-14-12-4-2-10(3-5-12)8-11-9-15-7-6-13-11;/h2-5,11,13H,6-9H2,1H3;1H/t11-;/m1./s1. The number of hydrogen-bond acceptors (Lipinski definition) is 3. The van der Waals surface area contributed by atoms with Gasteiger partial charge in [-0.15, -0.1) is 12.4 Å². The van der Waals surface area contributed by atoms with Crippen molar-refractivity contribution in [3.63, 3.8) is 0 Å². The fraction of sp³-hybridized carbons (Fsp3) is 0.500. The number of methoxy groups -OCH3 is 1. The molecule has 1 heterocycles. The summed E-state index contributed by atoms with van der Waals surface area (Å²) in [5.74, 6) is 0.909.